The minimum atomic E-state index is 0.387. The zero-order chi connectivity index (χ0) is 13.0. The van der Waals surface area contributed by atoms with Crippen LogP contribution < -0.4 is 16.6 Å². The second kappa shape index (κ2) is 6.54. The molecular weight excluding hydrogens is 360 g/mol. The van der Waals surface area contributed by atoms with E-state index in [-0.39, 0.29) is 0 Å². The van der Waals surface area contributed by atoms with Crippen LogP contribution >= 0.6 is 31.9 Å². The Hall–Kier alpha value is -0.590. The molecule has 1 aromatic carbocycles. The van der Waals surface area contributed by atoms with Crippen LogP contribution in [-0.2, 0) is 0 Å². The van der Waals surface area contributed by atoms with E-state index < -0.39 is 0 Å². The van der Waals surface area contributed by atoms with Gasteiger partial charge in [0.05, 0.1) is 11.7 Å². The second-order valence-corrected chi connectivity index (χ2v) is 6.08. The molecule has 4 nitrogen and oxygen atoms in total. The first-order valence-electron chi connectivity index (χ1n) is 5.95. The highest BCUT2D eigenvalue weighted by Crippen LogP contribution is 2.26. The zero-order valence-electron chi connectivity index (χ0n) is 9.92. The number of nitrogens with two attached hydrogens (primary N) is 1. The van der Waals surface area contributed by atoms with E-state index in [1.165, 1.54) is 12.8 Å². The van der Waals surface area contributed by atoms with Gasteiger partial charge in [-0.2, -0.15) is 0 Å². The molecule has 0 saturated heterocycles. The molecule has 0 aromatic heterocycles. The summed E-state index contributed by atoms with van der Waals surface area (Å²) < 4.78 is 1.99. The number of nitrogens with zero attached hydrogens (tertiary/aromatic N) is 1. The van der Waals surface area contributed by atoms with E-state index in [1.807, 2.05) is 18.2 Å². The Morgan fingerprint density at radius 2 is 2.00 bits per heavy atom. The van der Waals surface area contributed by atoms with Crippen LogP contribution in [0.5, 0.6) is 0 Å². The van der Waals surface area contributed by atoms with Gasteiger partial charge in [0.15, 0.2) is 0 Å². The van der Waals surface area contributed by atoms with Crippen molar-refractivity contribution in [2.45, 2.75) is 31.7 Å². The van der Waals surface area contributed by atoms with Gasteiger partial charge in [-0.15, -0.1) is 0 Å². The monoisotopic (exact) mass is 374 g/mol. The fraction of sp³-hybridized carbons (Fsp3) is 0.417. The third-order valence-electron chi connectivity index (χ3n) is 2.96. The summed E-state index contributed by atoms with van der Waals surface area (Å²) in [4.78, 5) is 4.59. The summed E-state index contributed by atoms with van der Waals surface area (Å²) in [6, 6.07) is 6.30. The van der Waals surface area contributed by atoms with Crippen LogP contribution in [-0.4, -0.2) is 12.0 Å². The van der Waals surface area contributed by atoms with Crippen LogP contribution in [0.15, 0.2) is 32.1 Å². The average Bonchev–Trinajstić information content (AvgIpc) is 2.84. The van der Waals surface area contributed by atoms with Crippen molar-refractivity contribution in [3.8, 4) is 0 Å². The van der Waals surface area contributed by atoms with E-state index in [9.17, 15) is 0 Å². The highest BCUT2D eigenvalue weighted by atomic mass is 79.9. The first-order chi connectivity index (χ1) is 8.69. The molecule has 1 aromatic rings. The number of guanidine groups is 1. The van der Waals surface area contributed by atoms with Crippen LogP contribution in [0, 0.1) is 0 Å². The molecule has 0 atom stereocenters. The first-order valence-corrected chi connectivity index (χ1v) is 7.54. The van der Waals surface area contributed by atoms with Crippen LogP contribution in [0.3, 0.4) is 0 Å². The average molecular weight is 376 g/mol. The fourth-order valence-corrected chi connectivity index (χ4v) is 3.19. The van der Waals surface area contributed by atoms with Gasteiger partial charge in [0.25, 0.3) is 0 Å². The maximum absolute atomic E-state index is 5.51. The Balaban J connectivity index is 2.09. The third kappa shape index (κ3) is 3.70. The molecule has 1 aliphatic rings. The third-order valence-corrected chi connectivity index (χ3v) is 4.11. The molecule has 0 aliphatic heterocycles. The molecule has 4 N–H and O–H groups in total. The molecule has 0 radical (unpaired) electrons. The Labute approximate surface area is 124 Å². The van der Waals surface area contributed by atoms with E-state index in [1.54, 1.807) is 0 Å². The number of hydrogen-bond donors (Lipinski definition) is 3. The SMILES string of the molecule is NNC(=NC1CCCC1)Nc1ccc(Br)cc1Br. The standard InChI is InChI=1S/C12H16Br2N4/c13-8-5-6-11(10(14)7-8)17-12(18-15)16-9-3-1-2-4-9/h5-7,9H,1-4,15H2,(H2,16,17,18). The number of halogens is 2. The van der Waals surface area contributed by atoms with Crippen molar-refractivity contribution in [2.24, 2.45) is 10.8 Å². The summed E-state index contributed by atoms with van der Waals surface area (Å²) >= 11 is 6.92. The highest BCUT2D eigenvalue weighted by Gasteiger charge is 2.14. The number of benzene rings is 1. The van der Waals surface area contributed by atoms with E-state index in [2.05, 4.69) is 47.6 Å². The van der Waals surface area contributed by atoms with Crippen LogP contribution in [0.4, 0.5) is 5.69 Å². The van der Waals surface area contributed by atoms with Crippen molar-refractivity contribution < 1.29 is 0 Å². The quantitative estimate of drug-likeness (QED) is 0.321. The second-order valence-electron chi connectivity index (χ2n) is 4.31. The van der Waals surface area contributed by atoms with Crippen LogP contribution in [0.25, 0.3) is 0 Å². The Morgan fingerprint density at radius 3 is 2.61 bits per heavy atom. The van der Waals surface area contributed by atoms with Crippen molar-refractivity contribution in [2.75, 3.05) is 5.32 Å². The van der Waals surface area contributed by atoms with Crippen LogP contribution in [0.2, 0.25) is 0 Å². The topological polar surface area (TPSA) is 62.4 Å². The molecule has 1 fully saturated rings. The summed E-state index contributed by atoms with van der Waals surface area (Å²) in [6.45, 7) is 0. The minimum absolute atomic E-state index is 0.387. The van der Waals surface area contributed by atoms with Gasteiger partial charge >= 0.3 is 0 Å². The minimum Gasteiger partial charge on any atom is -0.324 e. The Kier molecular flexibility index (Phi) is 5.03. The molecule has 0 bridgehead atoms. The van der Waals surface area contributed by atoms with Crippen molar-refractivity contribution in [3.63, 3.8) is 0 Å². The van der Waals surface area contributed by atoms with Crippen molar-refractivity contribution >= 4 is 43.5 Å². The molecule has 1 aliphatic carbocycles. The van der Waals surface area contributed by atoms with Crippen LogP contribution in [0.1, 0.15) is 25.7 Å². The van der Waals surface area contributed by atoms with E-state index in [0.717, 1.165) is 27.5 Å². The van der Waals surface area contributed by atoms with E-state index in [4.69, 9.17) is 5.84 Å². The summed E-state index contributed by atoms with van der Waals surface area (Å²) in [7, 11) is 0. The lowest BCUT2D eigenvalue weighted by Crippen LogP contribution is -2.37. The lowest BCUT2D eigenvalue weighted by molar-refractivity contribution is 0.700. The smallest absolute Gasteiger partial charge is 0.210 e. The normalized spacial score (nSPS) is 16.9. The van der Waals surface area contributed by atoms with Gasteiger partial charge in [0.1, 0.15) is 0 Å². The van der Waals surface area contributed by atoms with Gasteiger partial charge in [-0.05, 0) is 47.0 Å². The molecule has 1 saturated carbocycles. The highest BCUT2D eigenvalue weighted by molar-refractivity contribution is 9.11. The molecule has 0 spiro atoms. The van der Waals surface area contributed by atoms with Gasteiger partial charge in [0, 0.05) is 8.95 Å². The fourth-order valence-electron chi connectivity index (χ4n) is 2.04. The molecule has 98 valence electrons. The molecular formula is C12H16Br2N4. The molecule has 6 heteroatoms. The maximum atomic E-state index is 5.51. The Bertz CT molecular complexity index is 442. The number of hydrazine groups is 1. The maximum Gasteiger partial charge on any atom is 0.210 e. The molecule has 0 amide bonds. The van der Waals surface area contributed by atoms with Gasteiger partial charge in [0.2, 0.25) is 5.96 Å². The van der Waals surface area contributed by atoms with Crippen molar-refractivity contribution in [1.82, 2.24) is 5.43 Å². The van der Waals surface area contributed by atoms with Gasteiger partial charge in [-0.25, -0.2) is 10.8 Å². The summed E-state index contributed by atoms with van der Waals surface area (Å²) in [5, 5.41) is 3.20. The predicted molar refractivity (Wildman–Crippen MR) is 82.5 cm³/mol. The molecule has 0 heterocycles. The van der Waals surface area contributed by atoms with Gasteiger partial charge in [-0.1, -0.05) is 28.8 Å². The van der Waals surface area contributed by atoms with E-state index in [0.29, 0.717) is 12.0 Å². The first kappa shape index (κ1) is 13.8. The number of rotatable bonds is 2. The number of aliphatic imine (C=N–C) groups is 1. The van der Waals surface area contributed by atoms with Gasteiger partial charge < -0.3 is 5.32 Å². The Morgan fingerprint density at radius 1 is 1.28 bits per heavy atom. The summed E-state index contributed by atoms with van der Waals surface area (Å²) in [5.74, 6) is 6.13. The van der Waals surface area contributed by atoms with Crippen molar-refractivity contribution in [1.29, 1.82) is 0 Å². The molecule has 2 rings (SSSR count). The lowest BCUT2D eigenvalue weighted by atomic mass is 10.3. The zero-order valence-corrected chi connectivity index (χ0v) is 13.1. The van der Waals surface area contributed by atoms with E-state index >= 15 is 0 Å². The number of anilines is 1. The predicted octanol–water partition coefficient (Wildman–Crippen LogP) is 3.39. The number of hydrogen-bond acceptors (Lipinski definition) is 2. The van der Waals surface area contributed by atoms with Crippen molar-refractivity contribution in [3.05, 3.63) is 27.1 Å². The molecule has 18 heavy (non-hydrogen) atoms. The van der Waals surface area contributed by atoms with Gasteiger partial charge in [-0.3, -0.25) is 5.43 Å². The number of nitrogens with one attached hydrogen (secondary N) is 2. The largest absolute Gasteiger partial charge is 0.324 e. The summed E-state index contributed by atoms with van der Waals surface area (Å²) in [5.41, 5.74) is 3.56. The lowest BCUT2D eigenvalue weighted by Gasteiger charge is -2.13. The molecule has 0 unspecified atom stereocenters. The summed E-state index contributed by atoms with van der Waals surface area (Å²) in [6.07, 6.45) is 4.81.